The second-order valence-electron chi connectivity index (χ2n) is 6.56. The number of amides is 1. The number of fused-ring (bicyclic) bond motifs is 1. The van der Waals surface area contributed by atoms with Gasteiger partial charge in [-0.2, -0.15) is 0 Å². The number of aromatic nitrogens is 2. The van der Waals surface area contributed by atoms with E-state index >= 15 is 0 Å². The monoisotopic (exact) mass is 353 g/mol. The van der Waals surface area contributed by atoms with Gasteiger partial charge in [-0.3, -0.25) is 9.78 Å². The SMILES string of the molecule is O=C(COc1ccccc1F)N1CCCC(c2cc3ncccc3[nH]2)C1. The van der Waals surface area contributed by atoms with Crippen molar-refractivity contribution in [2.45, 2.75) is 18.8 Å². The normalized spacial score (nSPS) is 17.4. The average Bonchev–Trinajstić information content (AvgIpc) is 3.11. The summed E-state index contributed by atoms with van der Waals surface area (Å²) in [6, 6.07) is 12.1. The molecule has 1 aliphatic rings. The first kappa shape index (κ1) is 16.6. The number of ether oxygens (including phenoxy) is 1. The molecule has 0 radical (unpaired) electrons. The van der Waals surface area contributed by atoms with E-state index in [1.54, 1.807) is 23.2 Å². The van der Waals surface area contributed by atoms with E-state index < -0.39 is 5.82 Å². The lowest BCUT2D eigenvalue weighted by Crippen LogP contribution is -2.41. The van der Waals surface area contributed by atoms with Crippen LogP contribution in [0.3, 0.4) is 0 Å². The molecule has 1 aliphatic heterocycles. The Balaban J connectivity index is 1.41. The molecule has 0 bridgehead atoms. The molecule has 1 unspecified atom stereocenters. The van der Waals surface area contributed by atoms with Crippen LogP contribution in [0.15, 0.2) is 48.7 Å². The van der Waals surface area contributed by atoms with E-state index in [9.17, 15) is 9.18 Å². The highest BCUT2D eigenvalue weighted by Gasteiger charge is 2.26. The summed E-state index contributed by atoms with van der Waals surface area (Å²) in [5, 5.41) is 0. The van der Waals surface area contributed by atoms with Gasteiger partial charge in [-0.05, 0) is 43.2 Å². The summed E-state index contributed by atoms with van der Waals surface area (Å²) in [4.78, 5) is 22.1. The number of para-hydroxylation sites is 1. The van der Waals surface area contributed by atoms with Crippen molar-refractivity contribution in [2.75, 3.05) is 19.7 Å². The fourth-order valence-corrected chi connectivity index (χ4v) is 3.45. The Kier molecular flexibility index (Phi) is 4.56. The zero-order valence-corrected chi connectivity index (χ0v) is 14.3. The second-order valence-corrected chi connectivity index (χ2v) is 6.56. The summed E-state index contributed by atoms with van der Waals surface area (Å²) < 4.78 is 19.0. The largest absolute Gasteiger partial charge is 0.481 e. The van der Waals surface area contributed by atoms with E-state index in [-0.39, 0.29) is 24.2 Å². The average molecular weight is 353 g/mol. The molecule has 1 N–H and O–H groups in total. The van der Waals surface area contributed by atoms with Crippen LogP contribution >= 0.6 is 0 Å². The van der Waals surface area contributed by atoms with Crippen LogP contribution in [0, 0.1) is 5.82 Å². The van der Waals surface area contributed by atoms with Crippen LogP contribution in [-0.4, -0.2) is 40.5 Å². The minimum atomic E-state index is -0.456. The fraction of sp³-hybridized carbons (Fsp3) is 0.300. The lowest BCUT2D eigenvalue weighted by molar-refractivity contribution is -0.134. The second kappa shape index (κ2) is 7.15. The summed E-state index contributed by atoms with van der Waals surface area (Å²) in [5.41, 5.74) is 3.05. The third-order valence-electron chi connectivity index (χ3n) is 4.81. The zero-order valence-electron chi connectivity index (χ0n) is 14.3. The number of hydrogen-bond donors (Lipinski definition) is 1. The van der Waals surface area contributed by atoms with E-state index in [0.717, 1.165) is 29.6 Å². The van der Waals surface area contributed by atoms with Crippen LogP contribution in [-0.2, 0) is 4.79 Å². The molecule has 1 aromatic carbocycles. The van der Waals surface area contributed by atoms with Gasteiger partial charge in [-0.1, -0.05) is 12.1 Å². The van der Waals surface area contributed by atoms with Gasteiger partial charge in [-0.25, -0.2) is 4.39 Å². The molecule has 0 spiro atoms. The minimum absolute atomic E-state index is 0.108. The predicted octanol–water partition coefficient (Wildman–Crippen LogP) is 3.49. The van der Waals surface area contributed by atoms with Gasteiger partial charge >= 0.3 is 0 Å². The van der Waals surface area contributed by atoms with Gasteiger partial charge in [0, 0.05) is 30.9 Å². The zero-order chi connectivity index (χ0) is 17.9. The van der Waals surface area contributed by atoms with Crippen molar-refractivity contribution < 1.29 is 13.9 Å². The summed E-state index contributed by atoms with van der Waals surface area (Å²) >= 11 is 0. The number of rotatable bonds is 4. The van der Waals surface area contributed by atoms with Crippen LogP contribution in [0.5, 0.6) is 5.75 Å². The quantitative estimate of drug-likeness (QED) is 0.781. The molecule has 3 aromatic rings. The Morgan fingerprint density at radius 2 is 2.19 bits per heavy atom. The molecule has 0 aliphatic carbocycles. The fourth-order valence-electron chi connectivity index (χ4n) is 3.45. The third kappa shape index (κ3) is 3.40. The molecule has 1 amide bonds. The van der Waals surface area contributed by atoms with Gasteiger partial charge in [0.2, 0.25) is 0 Å². The standard InChI is InChI=1S/C20H20FN3O2/c21-15-6-1-2-8-19(15)26-13-20(25)24-10-4-5-14(12-24)17-11-18-16(23-17)7-3-9-22-18/h1-3,6-9,11,14,23H,4-5,10,12-13H2. The molecule has 6 heteroatoms. The van der Waals surface area contributed by atoms with Crippen molar-refractivity contribution in [2.24, 2.45) is 0 Å². The van der Waals surface area contributed by atoms with E-state index in [4.69, 9.17) is 4.74 Å². The van der Waals surface area contributed by atoms with Crippen LogP contribution in [0.4, 0.5) is 4.39 Å². The highest BCUT2D eigenvalue weighted by molar-refractivity contribution is 5.78. The maximum atomic E-state index is 13.6. The number of carbonyl (C=O) groups excluding carboxylic acids is 1. The number of piperidine rings is 1. The number of carbonyl (C=O) groups is 1. The molecule has 134 valence electrons. The molecule has 5 nitrogen and oxygen atoms in total. The number of nitrogens with zero attached hydrogens (tertiary/aromatic N) is 2. The van der Waals surface area contributed by atoms with Crippen molar-refractivity contribution in [1.82, 2.24) is 14.9 Å². The molecule has 2 aromatic heterocycles. The Morgan fingerprint density at radius 3 is 3.04 bits per heavy atom. The molecule has 1 fully saturated rings. The summed E-state index contributed by atoms with van der Waals surface area (Å²) in [6.45, 7) is 1.18. The van der Waals surface area contributed by atoms with Crippen molar-refractivity contribution in [3.63, 3.8) is 0 Å². The summed E-state index contributed by atoms with van der Waals surface area (Å²) in [7, 11) is 0. The van der Waals surface area contributed by atoms with E-state index in [0.29, 0.717) is 13.1 Å². The Bertz CT molecular complexity index is 891. The number of nitrogens with one attached hydrogen (secondary N) is 1. The third-order valence-corrected chi connectivity index (χ3v) is 4.81. The van der Waals surface area contributed by atoms with Crippen LogP contribution in [0.1, 0.15) is 24.5 Å². The molecule has 26 heavy (non-hydrogen) atoms. The van der Waals surface area contributed by atoms with Crippen molar-refractivity contribution in [3.8, 4) is 5.75 Å². The summed E-state index contributed by atoms with van der Waals surface area (Å²) in [5.74, 6) is -0.221. The first-order valence-electron chi connectivity index (χ1n) is 8.79. The number of pyridine rings is 1. The van der Waals surface area contributed by atoms with Crippen LogP contribution in [0.2, 0.25) is 0 Å². The molecule has 1 saturated heterocycles. The number of H-pyrrole nitrogens is 1. The molecule has 4 rings (SSSR count). The van der Waals surface area contributed by atoms with Gasteiger partial charge in [0.05, 0.1) is 11.0 Å². The van der Waals surface area contributed by atoms with Crippen molar-refractivity contribution in [1.29, 1.82) is 0 Å². The smallest absolute Gasteiger partial charge is 0.260 e. The van der Waals surface area contributed by atoms with E-state index in [1.165, 1.54) is 12.1 Å². The van der Waals surface area contributed by atoms with Crippen molar-refractivity contribution in [3.05, 3.63) is 60.2 Å². The number of likely N-dealkylation sites (tertiary alicyclic amines) is 1. The maximum absolute atomic E-state index is 13.6. The van der Waals surface area contributed by atoms with Crippen LogP contribution in [0.25, 0.3) is 11.0 Å². The molecule has 1 atom stereocenters. The van der Waals surface area contributed by atoms with Gasteiger partial charge in [0.15, 0.2) is 18.2 Å². The van der Waals surface area contributed by atoms with E-state index in [1.807, 2.05) is 12.1 Å². The first-order valence-corrected chi connectivity index (χ1v) is 8.79. The molecule has 3 heterocycles. The number of aromatic amines is 1. The minimum Gasteiger partial charge on any atom is -0.481 e. The lowest BCUT2D eigenvalue weighted by atomic mass is 9.95. The summed E-state index contributed by atoms with van der Waals surface area (Å²) in [6.07, 6.45) is 3.72. The first-order chi connectivity index (χ1) is 12.7. The molecular formula is C20H20FN3O2. The van der Waals surface area contributed by atoms with Crippen LogP contribution < -0.4 is 4.74 Å². The topological polar surface area (TPSA) is 58.2 Å². The predicted molar refractivity (Wildman–Crippen MR) is 96.5 cm³/mol. The number of hydrogen-bond acceptors (Lipinski definition) is 3. The van der Waals surface area contributed by atoms with Crippen molar-refractivity contribution >= 4 is 16.9 Å². The molecular weight excluding hydrogens is 333 g/mol. The van der Waals surface area contributed by atoms with Gasteiger partial charge in [0.1, 0.15) is 0 Å². The number of benzene rings is 1. The Labute approximate surface area is 150 Å². The maximum Gasteiger partial charge on any atom is 0.260 e. The molecule has 0 saturated carbocycles. The Hall–Kier alpha value is -2.89. The van der Waals surface area contributed by atoms with Gasteiger partial charge in [0.25, 0.3) is 5.91 Å². The highest BCUT2D eigenvalue weighted by Crippen LogP contribution is 2.28. The van der Waals surface area contributed by atoms with E-state index in [2.05, 4.69) is 16.0 Å². The lowest BCUT2D eigenvalue weighted by Gasteiger charge is -2.32. The number of halogens is 1. The van der Waals surface area contributed by atoms with Gasteiger partial charge in [-0.15, -0.1) is 0 Å². The Morgan fingerprint density at radius 1 is 1.31 bits per heavy atom. The van der Waals surface area contributed by atoms with Gasteiger partial charge < -0.3 is 14.6 Å². The highest BCUT2D eigenvalue weighted by atomic mass is 19.1.